The number of carbonyl (C=O) groups excluding carboxylic acids is 1. The fourth-order valence-electron chi connectivity index (χ4n) is 3.78. The summed E-state index contributed by atoms with van der Waals surface area (Å²) in [5, 5.41) is 10.2. The minimum absolute atomic E-state index is 0.218. The van der Waals surface area contributed by atoms with Crippen molar-refractivity contribution in [3.63, 3.8) is 0 Å². The molecule has 1 heterocycles. The second-order valence-electron chi connectivity index (χ2n) is 7.63. The van der Waals surface area contributed by atoms with Gasteiger partial charge < -0.3 is 0 Å². The smallest absolute Gasteiger partial charge is 0.271 e. The van der Waals surface area contributed by atoms with Gasteiger partial charge in [0.1, 0.15) is 4.21 Å². The molecule has 35 heavy (non-hydrogen) atoms. The quantitative estimate of drug-likeness (QED) is 0.157. The van der Waals surface area contributed by atoms with Crippen molar-refractivity contribution < 1.29 is 13.2 Å². The highest BCUT2D eigenvalue weighted by molar-refractivity contribution is 7.94. The Bertz CT molecular complexity index is 1620. The molecule has 5 rings (SSSR count). The minimum Gasteiger partial charge on any atom is -0.279 e. The first kappa shape index (κ1) is 23.0. The van der Waals surface area contributed by atoms with E-state index in [1.807, 2.05) is 48.5 Å². The highest BCUT2D eigenvalue weighted by Crippen LogP contribution is 2.35. The first-order chi connectivity index (χ1) is 16.9. The molecule has 0 bridgehead atoms. The fourth-order valence-corrected chi connectivity index (χ4v) is 6.16. The number of hydrogen-bond donors (Lipinski definition) is 2. The molecular formula is C26H18ClN3O3S2. The molecule has 0 saturated carbocycles. The van der Waals surface area contributed by atoms with Crippen molar-refractivity contribution in [3.8, 4) is 0 Å². The maximum absolute atomic E-state index is 12.6. The number of sulfonamides is 1. The second kappa shape index (κ2) is 9.50. The average Bonchev–Trinajstić information content (AvgIpc) is 3.43. The number of rotatable bonds is 6. The zero-order valence-corrected chi connectivity index (χ0v) is 20.5. The Morgan fingerprint density at radius 2 is 1.43 bits per heavy atom. The Morgan fingerprint density at radius 3 is 2.00 bits per heavy atom. The summed E-state index contributed by atoms with van der Waals surface area (Å²) in [6, 6.07) is 24.9. The maximum Gasteiger partial charge on any atom is 0.271 e. The van der Waals surface area contributed by atoms with Crippen molar-refractivity contribution in [2.45, 2.75) is 4.21 Å². The highest BCUT2D eigenvalue weighted by atomic mass is 35.5. The van der Waals surface area contributed by atoms with Gasteiger partial charge in [0.15, 0.2) is 0 Å². The van der Waals surface area contributed by atoms with Crippen molar-refractivity contribution in [2.24, 2.45) is 5.10 Å². The Kier molecular flexibility index (Phi) is 6.25. The lowest BCUT2D eigenvalue weighted by atomic mass is 9.97. The van der Waals surface area contributed by atoms with Gasteiger partial charge in [0.25, 0.3) is 15.9 Å². The van der Waals surface area contributed by atoms with E-state index in [4.69, 9.17) is 11.6 Å². The molecule has 4 aromatic carbocycles. The number of nitrogens with one attached hydrogen (secondary N) is 2. The molecule has 0 aliphatic heterocycles. The van der Waals surface area contributed by atoms with Crippen molar-refractivity contribution in [2.75, 3.05) is 4.72 Å². The van der Waals surface area contributed by atoms with E-state index in [1.54, 1.807) is 17.7 Å². The van der Waals surface area contributed by atoms with Gasteiger partial charge in [-0.05, 0) is 46.5 Å². The van der Waals surface area contributed by atoms with Gasteiger partial charge >= 0.3 is 0 Å². The number of nitrogens with zero attached hydrogens (tertiary/aromatic N) is 1. The summed E-state index contributed by atoms with van der Waals surface area (Å²) in [5.41, 5.74) is 4.09. The van der Waals surface area contributed by atoms with Crippen LogP contribution in [0.3, 0.4) is 0 Å². The van der Waals surface area contributed by atoms with E-state index < -0.39 is 15.9 Å². The van der Waals surface area contributed by atoms with Crippen LogP contribution in [0.25, 0.3) is 21.5 Å². The normalized spacial score (nSPS) is 11.8. The van der Waals surface area contributed by atoms with E-state index in [0.717, 1.165) is 38.4 Å². The Balaban J connectivity index is 1.36. The van der Waals surface area contributed by atoms with E-state index in [1.165, 1.54) is 30.3 Å². The van der Waals surface area contributed by atoms with Crippen LogP contribution < -0.4 is 10.1 Å². The van der Waals surface area contributed by atoms with Crippen LogP contribution in [-0.2, 0) is 10.0 Å². The zero-order valence-electron chi connectivity index (χ0n) is 18.1. The van der Waals surface area contributed by atoms with Gasteiger partial charge in [-0.2, -0.15) is 5.10 Å². The van der Waals surface area contributed by atoms with Crippen LogP contribution in [-0.4, -0.2) is 20.5 Å². The van der Waals surface area contributed by atoms with E-state index in [-0.39, 0.29) is 4.21 Å². The van der Waals surface area contributed by atoms with Gasteiger partial charge in [-0.25, -0.2) is 13.8 Å². The minimum atomic E-state index is -3.65. The lowest BCUT2D eigenvalue weighted by Gasteiger charge is -2.10. The van der Waals surface area contributed by atoms with Gasteiger partial charge in [-0.3, -0.25) is 9.52 Å². The summed E-state index contributed by atoms with van der Waals surface area (Å²) in [6.45, 7) is 0. The number of halogens is 1. The van der Waals surface area contributed by atoms with Crippen LogP contribution in [0.4, 0.5) is 5.69 Å². The first-order valence-electron chi connectivity index (χ1n) is 10.5. The third kappa shape index (κ3) is 4.64. The molecule has 0 saturated heterocycles. The molecule has 1 aromatic heterocycles. The van der Waals surface area contributed by atoms with E-state index in [0.29, 0.717) is 16.3 Å². The monoisotopic (exact) mass is 519 g/mol. The SMILES string of the molecule is O=C(N/N=C\c1c2ccccc2c(Cl)c2ccccc12)c1ccc(NS(=O)(=O)c2cccs2)cc1. The average molecular weight is 520 g/mol. The molecule has 0 aliphatic rings. The largest absolute Gasteiger partial charge is 0.279 e. The molecule has 1 amide bonds. The van der Waals surface area contributed by atoms with Crippen LogP contribution in [0.5, 0.6) is 0 Å². The lowest BCUT2D eigenvalue weighted by Crippen LogP contribution is -2.18. The number of fused-ring (bicyclic) bond motifs is 2. The number of benzene rings is 4. The molecule has 6 nitrogen and oxygen atoms in total. The Hall–Kier alpha value is -3.72. The van der Waals surface area contributed by atoms with E-state index >= 15 is 0 Å². The lowest BCUT2D eigenvalue weighted by molar-refractivity contribution is 0.0955. The van der Waals surface area contributed by atoms with Crippen molar-refractivity contribution >= 4 is 72.3 Å². The number of hydrogen-bond acceptors (Lipinski definition) is 5. The maximum atomic E-state index is 12.6. The van der Waals surface area contributed by atoms with Crippen LogP contribution in [0.2, 0.25) is 5.02 Å². The van der Waals surface area contributed by atoms with E-state index in [2.05, 4.69) is 15.2 Å². The summed E-state index contributed by atoms with van der Waals surface area (Å²) in [5.74, 6) is -0.420. The number of thiophene rings is 1. The number of hydrazone groups is 1. The standard InChI is InChI=1S/C26H18ClN3O3S2/c27-25-21-8-3-1-6-19(21)23(20-7-2-4-9-22(20)25)16-28-29-26(31)17-11-13-18(14-12-17)30-35(32,33)24-10-5-15-34-24/h1-16,30H,(H,29,31)/b28-16-. The van der Waals surface area contributed by atoms with Crippen LogP contribution in [0.1, 0.15) is 15.9 Å². The molecule has 0 atom stereocenters. The number of anilines is 1. The third-order valence-electron chi connectivity index (χ3n) is 5.43. The zero-order chi connectivity index (χ0) is 24.4. The molecular weight excluding hydrogens is 502 g/mol. The predicted octanol–water partition coefficient (Wildman–Crippen LogP) is 6.27. The number of carbonyl (C=O) groups is 1. The molecule has 2 N–H and O–H groups in total. The topological polar surface area (TPSA) is 87.6 Å². The summed E-state index contributed by atoms with van der Waals surface area (Å²) in [7, 11) is -3.65. The summed E-state index contributed by atoms with van der Waals surface area (Å²) < 4.78 is 27.4. The van der Waals surface area contributed by atoms with Gasteiger partial charge in [-0.15, -0.1) is 11.3 Å². The van der Waals surface area contributed by atoms with Crippen LogP contribution in [0.15, 0.2) is 99.6 Å². The highest BCUT2D eigenvalue weighted by Gasteiger charge is 2.15. The van der Waals surface area contributed by atoms with Gasteiger partial charge in [0, 0.05) is 27.6 Å². The molecule has 0 unspecified atom stereocenters. The van der Waals surface area contributed by atoms with Crippen molar-refractivity contribution in [1.82, 2.24) is 5.43 Å². The summed E-state index contributed by atoms with van der Waals surface area (Å²) in [6.07, 6.45) is 1.61. The molecule has 0 aliphatic carbocycles. The molecule has 0 spiro atoms. The molecule has 0 radical (unpaired) electrons. The molecule has 174 valence electrons. The van der Waals surface area contributed by atoms with Crippen LogP contribution in [0, 0.1) is 0 Å². The van der Waals surface area contributed by atoms with E-state index in [9.17, 15) is 13.2 Å². The molecule has 9 heteroatoms. The van der Waals surface area contributed by atoms with Gasteiger partial charge in [0.05, 0.1) is 11.2 Å². The summed E-state index contributed by atoms with van der Waals surface area (Å²) >= 11 is 7.76. The van der Waals surface area contributed by atoms with Crippen molar-refractivity contribution in [3.05, 3.63) is 106 Å². The molecule has 5 aromatic rings. The first-order valence-corrected chi connectivity index (χ1v) is 13.3. The van der Waals surface area contributed by atoms with Crippen LogP contribution >= 0.6 is 22.9 Å². The Morgan fingerprint density at radius 1 is 0.829 bits per heavy atom. The Labute approximate surface area is 210 Å². The summed E-state index contributed by atoms with van der Waals surface area (Å²) in [4.78, 5) is 12.6. The second-order valence-corrected chi connectivity index (χ2v) is 10.9. The van der Waals surface area contributed by atoms with Gasteiger partial charge in [-0.1, -0.05) is 66.2 Å². The van der Waals surface area contributed by atoms with Crippen molar-refractivity contribution in [1.29, 1.82) is 0 Å². The van der Waals surface area contributed by atoms with Gasteiger partial charge in [0.2, 0.25) is 0 Å². The third-order valence-corrected chi connectivity index (χ3v) is 8.61. The predicted molar refractivity (Wildman–Crippen MR) is 143 cm³/mol. The number of amides is 1. The fraction of sp³-hybridized carbons (Fsp3) is 0. The molecule has 0 fully saturated rings.